The topological polar surface area (TPSA) is 34.4 Å². The Hall–Kier alpha value is -1.32. The van der Waals surface area contributed by atoms with Crippen molar-refractivity contribution in [1.29, 1.82) is 0 Å². The van der Waals surface area contributed by atoms with Gasteiger partial charge >= 0.3 is 0 Å². The van der Waals surface area contributed by atoms with E-state index in [-0.39, 0.29) is 6.61 Å². The number of ether oxygens (including phenoxy) is 1. The Kier molecular flexibility index (Phi) is 3.59. The lowest BCUT2D eigenvalue weighted by atomic mass is 10.2. The zero-order valence-electron chi connectivity index (χ0n) is 9.52. The summed E-state index contributed by atoms with van der Waals surface area (Å²) < 4.78 is 7.26. The Bertz CT molecular complexity index is 462. The van der Waals surface area contributed by atoms with Crippen molar-refractivity contribution in [3.63, 3.8) is 0 Å². The molecule has 2 aromatic rings. The summed E-state index contributed by atoms with van der Waals surface area (Å²) in [5, 5.41) is 10.2. The number of aromatic nitrogens is 1. The quantitative estimate of drug-likeness (QED) is 0.782. The molecule has 0 aliphatic heterocycles. The average molecular weight is 219 g/mol. The molecule has 16 heavy (non-hydrogen) atoms. The van der Waals surface area contributed by atoms with Gasteiger partial charge in [0.1, 0.15) is 0 Å². The summed E-state index contributed by atoms with van der Waals surface area (Å²) in [6, 6.07) is 8.15. The molecule has 0 saturated heterocycles. The van der Waals surface area contributed by atoms with Crippen LogP contribution in [0.1, 0.15) is 12.0 Å². The number of aryl methyl sites for hydroxylation is 1. The SMILES string of the molecule is COCCCn1ccc2cc(CO)ccc21. The summed E-state index contributed by atoms with van der Waals surface area (Å²) in [4.78, 5) is 0. The molecule has 3 nitrogen and oxygen atoms in total. The predicted octanol–water partition coefficient (Wildman–Crippen LogP) is 2.17. The zero-order chi connectivity index (χ0) is 11.4. The number of benzene rings is 1. The van der Waals surface area contributed by atoms with Gasteiger partial charge in [-0.05, 0) is 35.6 Å². The van der Waals surface area contributed by atoms with Crippen LogP contribution in [0.5, 0.6) is 0 Å². The molecule has 1 aromatic carbocycles. The molecule has 0 unspecified atom stereocenters. The van der Waals surface area contributed by atoms with Crippen LogP contribution in [0.25, 0.3) is 10.9 Å². The molecule has 0 aliphatic rings. The normalized spacial score (nSPS) is 11.1. The maximum atomic E-state index is 9.05. The van der Waals surface area contributed by atoms with E-state index in [1.165, 1.54) is 10.9 Å². The number of rotatable bonds is 5. The van der Waals surface area contributed by atoms with Gasteiger partial charge in [-0.15, -0.1) is 0 Å². The molecule has 0 saturated carbocycles. The van der Waals surface area contributed by atoms with E-state index in [0.717, 1.165) is 25.1 Å². The molecule has 0 amide bonds. The second kappa shape index (κ2) is 5.14. The maximum absolute atomic E-state index is 9.05. The van der Waals surface area contributed by atoms with Crippen molar-refractivity contribution in [3.8, 4) is 0 Å². The minimum atomic E-state index is 0.102. The molecule has 0 atom stereocenters. The zero-order valence-corrected chi connectivity index (χ0v) is 9.52. The van der Waals surface area contributed by atoms with Crippen LogP contribution in [0.4, 0.5) is 0 Å². The highest BCUT2D eigenvalue weighted by molar-refractivity contribution is 5.80. The summed E-state index contributed by atoms with van der Waals surface area (Å²) in [5.41, 5.74) is 2.18. The van der Waals surface area contributed by atoms with Crippen LogP contribution >= 0.6 is 0 Å². The van der Waals surface area contributed by atoms with Gasteiger partial charge in [0.25, 0.3) is 0 Å². The van der Waals surface area contributed by atoms with E-state index in [0.29, 0.717) is 0 Å². The molecule has 1 aromatic heterocycles. The van der Waals surface area contributed by atoms with E-state index in [9.17, 15) is 0 Å². The Labute approximate surface area is 95.3 Å². The molecule has 0 fully saturated rings. The van der Waals surface area contributed by atoms with Crippen LogP contribution in [0.15, 0.2) is 30.5 Å². The summed E-state index contributed by atoms with van der Waals surface area (Å²) in [7, 11) is 1.72. The molecule has 3 heteroatoms. The maximum Gasteiger partial charge on any atom is 0.0682 e. The van der Waals surface area contributed by atoms with E-state index in [2.05, 4.69) is 22.9 Å². The molecular formula is C13H17NO2. The fourth-order valence-corrected chi connectivity index (χ4v) is 1.92. The molecule has 0 spiro atoms. The number of hydrogen-bond acceptors (Lipinski definition) is 2. The summed E-state index contributed by atoms with van der Waals surface area (Å²) in [6.07, 6.45) is 3.10. The minimum Gasteiger partial charge on any atom is -0.392 e. The van der Waals surface area contributed by atoms with Gasteiger partial charge in [0.2, 0.25) is 0 Å². The first-order valence-electron chi connectivity index (χ1n) is 5.52. The highest BCUT2D eigenvalue weighted by Crippen LogP contribution is 2.18. The number of nitrogens with zero attached hydrogens (tertiary/aromatic N) is 1. The molecule has 2 rings (SSSR count). The Morgan fingerprint density at radius 1 is 1.31 bits per heavy atom. The molecule has 1 N–H and O–H groups in total. The van der Waals surface area contributed by atoms with Gasteiger partial charge in [0.05, 0.1) is 6.61 Å². The predicted molar refractivity (Wildman–Crippen MR) is 64.4 cm³/mol. The number of methoxy groups -OCH3 is 1. The Balaban J connectivity index is 2.20. The fraction of sp³-hybridized carbons (Fsp3) is 0.385. The van der Waals surface area contributed by atoms with Gasteiger partial charge in [0.15, 0.2) is 0 Å². The highest BCUT2D eigenvalue weighted by atomic mass is 16.5. The van der Waals surface area contributed by atoms with Crippen molar-refractivity contribution in [2.45, 2.75) is 19.6 Å². The van der Waals surface area contributed by atoms with Gasteiger partial charge in [-0.2, -0.15) is 0 Å². The number of fused-ring (bicyclic) bond motifs is 1. The van der Waals surface area contributed by atoms with Gasteiger partial charge in [-0.3, -0.25) is 0 Å². The van der Waals surface area contributed by atoms with Crippen LogP contribution in [0.3, 0.4) is 0 Å². The van der Waals surface area contributed by atoms with Crippen LogP contribution in [0, 0.1) is 0 Å². The van der Waals surface area contributed by atoms with Gasteiger partial charge < -0.3 is 14.4 Å². The van der Waals surface area contributed by atoms with Crippen molar-refractivity contribution in [2.75, 3.05) is 13.7 Å². The number of aliphatic hydroxyl groups is 1. The standard InChI is InChI=1S/C13H17NO2/c1-16-8-2-6-14-7-5-12-9-11(10-15)3-4-13(12)14/h3-5,7,9,15H,2,6,8,10H2,1H3. The van der Waals surface area contributed by atoms with Crippen molar-refractivity contribution in [3.05, 3.63) is 36.0 Å². The van der Waals surface area contributed by atoms with E-state index < -0.39 is 0 Å². The Morgan fingerprint density at radius 2 is 2.19 bits per heavy atom. The fourth-order valence-electron chi connectivity index (χ4n) is 1.92. The van der Waals surface area contributed by atoms with E-state index in [1.54, 1.807) is 7.11 Å². The van der Waals surface area contributed by atoms with E-state index in [1.807, 2.05) is 12.1 Å². The monoisotopic (exact) mass is 219 g/mol. The third kappa shape index (κ3) is 2.26. The first kappa shape index (κ1) is 11.2. The molecular weight excluding hydrogens is 202 g/mol. The van der Waals surface area contributed by atoms with E-state index >= 15 is 0 Å². The lowest BCUT2D eigenvalue weighted by Gasteiger charge is -2.05. The summed E-state index contributed by atoms with van der Waals surface area (Å²) in [6.45, 7) is 1.86. The summed E-state index contributed by atoms with van der Waals surface area (Å²) >= 11 is 0. The molecule has 0 bridgehead atoms. The van der Waals surface area contributed by atoms with Gasteiger partial charge in [-0.25, -0.2) is 0 Å². The summed E-state index contributed by atoms with van der Waals surface area (Å²) in [5.74, 6) is 0. The lowest BCUT2D eigenvalue weighted by Crippen LogP contribution is -1.99. The molecule has 0 radical (unpaired) electrons. The third-order valence-corrected chi connectivity index (χ3v) is 2.77. The van der Waals surface area contributed by atoms with Crippen LogP contribution in [-0.2, 0) is 17.9 Å². The van der Waals surface area contributed by atoms with Crippen molar-refractivity contribution < 1.29 is 9.84 Å². The largest absolute Gasteiger partial charge is 0.392 e. The first-order chi connectivity index (χ1) is 7.85. The molecule has 1 heterocycles. The molecule has 0 aliphatic carbocycles. The smallest absolute Gasteiger partial charge is 0.0682 e. The van der Waals surface area contributed by atoms with Crippen molar-refractivity contribution >= 4 is 10.9 Å². The number of aliphatic hydroxyl groups excluding tert-OH is 1. The van der Waals surface area contributed by atoms with Gasteiger partial charge in [0, 0.05) is 32.0 Å². The van der Waals surface area contributed by atoms with Gasteiger partial charge in [-0.1, -0.05) is 6.07 Å². The van der Waals surface area contributed by atoms with Crippen LogP contribution < -0.4 is 0 Å². The Morgan fingerprint density at radius 3 is 2.94 bits per heavy atom. The first-order valence-corrected chi connectivity index (χ1v) is 5.52. The second-order valence-corrected chi connectivity index (χ2v) is 3.91. The third-order valence-electron chi connectivity index (χ3n) is 2.77. The molecule has 86 valence electrons. The minimum absolute atomic E-state index is 0.102. The van der Waals surface area contributed by atoms with Crippen molar-refractivity contribution in [2.24, 2.45) is 0 Å². The highest BCUT2D eigenvalue weighted by Gasteiger charge is 2.01. The number of hydrogen-bond donors (Lipinski definition) is 1. The van der Waals surface area contributed by atoms with Crippen molar-refractivity contribution in [1.82, 2.24) is 4.57 Å². The van der Waals surface area contributed by atoms with Crippen LogP contribution in [0.2, 0.25) is 0 Å². The average Bonchev–Trinajstić information content (AvgIpc) is 2.72. The van der Waals surface area contributed by atoms with Crippen LogP contribution in [-0.4, -0.2) is 23.4 Å². The second-order valence-electron chi connectivity index (χ2n) is 3.91. The van der Waals surface area contributed by atoms with E-state index in [4.69, 9.17) is 9.84 Å². The lowest BCUT2D eigenvalue weighted by molar-refractivity contribution is 0.190.